The van der Waals surface area contributed by atoms with Crippen LogP contribution in [0.15, 0.2) is 70.8 Å². The van der Waals surface area contributed by atoms with Crippen molar-refractivity contribution in [2.24, 2.45) is 17.8 Å². The second-order valence-corrected chi connectivity index (χ2v) is 12.1. The number of amides is 2. The maximum absolute atomic E-state index is 14.0. The Labute approximate surface area is 249 Å². The molecule has 0 spiro atoms. The highest BCUT2D eigenvalue weighted by atomic mass is 127. The third-order valence-corrected chi connectivity index (χ3v) is 9.52. The largest absolute Gasteiger partial charge is 0.504 e. The molecule has 1 aliphatic heterocycles. The zero-order chi connectivity index (χ0) is 29.3. The van der Waals surface area contributed by atoms with Gasteiger partial charge in [-0.25, -0.2) is 0 Å². The molecule has 3 aliphatic carbocycles. The summed E-state index contributed by atoms with van der Waals surface area (Å²) in [6.45, 7) is 3.06. The quantitative estimate of drug-likeness (QED) is 0.164. The van der Waals surface area contributed by atoms with Crippen molar-refractivity contribution in [3.05, 3.63) is 85.5 Å². The minimum absolute atomic E-state index is 0.0270. The molecular formula is C32H26INO7. The van der Waals surface area contributed by atoms with Crippen molar-refractivity contribution in [2.45, 2.75) is 32.6 Å². The maximum Gasteiger partial charge on any atom is 0.238 e. The number of Topliss-reactive ketones (excluding diaryl/α,β-unsaturated/α-hetero) is 2. The van der Waals surface area contributed by atoms with Crippen LogP contribution < -0.4 is 9.64 Å². The number of ketones is 3. The molecule has 1 heterocycles. The SMILES string of the molecule is COc1cc([C@H]2C3=CC[C@@H]4C(=O)N(c5ccc(C(C)=O)cc5)C(=O)[C@@H]4[C@@H]3CC3=C2C(=O)C=C(C)C3=O)cc(I)c1O. The molecule has 41 heavy (non-hydrogen) atoms. The molecule has 0 saturated carbocycles. The molecule has 1 fully saturated rings. The molecule has 9 heteroatoms. The van der Waals surface area contributed by atoms with Crippen LogP contribution in [0.25, 0.3) is 0 Å². The molecule has 6 rings (SSSR count). The molecule has 2 amide bonds. The fraction of sp³-hybridized carbons (Fsp3) is 0.281. The standard InChI is InChI=1S/C32H26INO7/c1-14-10-24(36)28-22(29(14)37)13-21-19(26(28)17-11-23(33)30(38)25(12-17)41-3)8-9-20-27(21)32(40)34(31(20)39)18-6-4-16(5-7-18)15(2)35/h4-8,10-12,20-21,26-27,38H,9,13H2,1-3H3/t20-,21+,26-,27-/m0/s1. The van der Waals surface area contributed by atoms with Crippen LogP contribution in [-0.4, -0.2) is 41.4 Å². The Bertz CT molecular complexity index is 1680. The highest BCUT2D eigenvalue weighted by Crippen LogP contribution is 2.56. The normalized spacial score (nSPS) is 25.4. The lowest BCUT2D eigenvalue weighted by atomic mass is 9.59. The van der Waals surface area contributed by atoms with Crippen LogP contribution in [0.2, 0.25) is 0 Å². The first-order valence-electron chi connectivity index (χ1n) is 13.3. The van der Waals surface area contributed by atoms with E-state index in [1.807, 2.05) is 28.7 Å². The summed E-state index contributed by atoms with van der Waals surface area (Å²) in [5.41, 5.74) is 3.44. The first-order chi connectivity index (χ1) is 19.5. The number of rotatable bonds is 4. The van der Waals surface area contributed by atoms with E-state index in [1.54, 1.807) is 43.3 Å². The number of nitrogens with zero attached hydrogens (tertiary/aromatic N) is 1. The number of phenolic OH excluding ortho intramolecular Hbond substituents is 1. The van der Waals surface area contributed by atoms with E-state index in [0.717, 1.165) is 5.57 Å². The van der Waals surface area contributed by atoms with E-state index in [9.17, 15) is 29.1 Å². The molecule has 1 N–H and O–H groups in total. The van der Waals surface area contributed by atoms with Crippen molar-refractivity contribution in [1.82, 2.24) is 0 Å². The van der Waals surface area contributed by atoms with Crippen molar-refractivity contribution < 1.29 is 33.8 Å². The van der Waals surface area contributed by atoms with E-state index in [2.05, 4.69) is 0 Å². The molecule has 0 bridgehead atoms. The molecule has 208 valence electrons. The highest BCUT2D eigenvalue weighted by Gasteiger charge is 2.56. The number of aromatic hydroxyl groups is 1. The molecular weight excluding hydrogens is 637 g/mol. The topological polar surface area (TPSA) is 118 Å². The lowest BCUT2D eigenvalue weighted by Gasteiger charge is -2.42. The smallest absolute Gasteiger partial charge is 0.238 e. The Morgan fingerprint density at radius 1 is 1.05 bits per heavy atom. The van der Waals surface area contributed by atoms with E-state index in [1.165, 1.54) is 25.0 Å². The molecule has 0 radical (unpaired) electrons. The van der Waals surface area contributed by atoms with Crippen LogP contribution in [0.4, 0.5) is 5.69 Å². The van der Waals surface area contributed by atoms with Crippen LogP contribution in [0, 0.1) is 21.3 Å². The highest BCUT2D eigenvalue weighted by molar-refractivity contribution is 14.1. The molecule has 2 aromatic rings. The zero-order valence-electron chi connectivity index (χ0n) is 22.6. The van der Waals surface area contributed by atoms with Crippen LogP contribution in [0.3, 0.4) is 0 Å². The van der Waals surface area contributed by atoms with Crippen LogP contribution in [-0.2, 0) is 19.2 Å². The summed E-state index contributed by atoms with van der Waals surface area (Å²) in [7, 11) is 1.44. The Hall–Kier alpha value is -3.86. The summed E-state index contributed by atoms with van der Waals surface area (Å²) in [4.78, 5) is 67.5. The van der Waals surface area contributed by atoms with Crippen molar-refractivity contribution in [1.29, 1.82) is 0 Å². The number of anilines is 1. The van der Waals surface area contributed by atoms with E-state index in [0.29, 0.717) is 43.5 Å². The molecule has 0 unspecified atom stereocenters. The average Bonchev–Trinajstić information content (AvgIpc) is 3.21. The van der Waals surface area contributed by atoms with Gasteiger partial charge in [0.1, 0.15) is 0 Å². The van der Waals surface area contributed by atoms with E-state index in [-0.39, 0.29) is 47.1 Å². The van der Waals surface area contributed by atoms with E-state index < -0.39 is 23.7 Å². The molecule has 8 nitrogen and oxygen atoms in total. The minimum Gasteiger partial charge on any atom is -0.504 e. The number of phenols is 1. The number of imide groups is 1. The maximum atomic E-state index is 14.0. The second kappa shape index (κ2) is 9.90. The average molecular weight is 663 g/mol. The van der Waals surface area contributed by atoms with Gasteiger partial charge in [0.15, 0.2) is 28.8 Å². The monoisotopic (exact) mass is 663 g/mol. The Balaban J connectivity index is 1.48. The number of carbonyl (C=O) groups is 5. The predicted molar refractivity (Wildman–Crippen MR) is 158 cm³/mol. The van der Waals surface area contributed by atoms with Crippen molar-refractivity contribution >= 4 is 57.4 Å². The number of ether oxygens (including phenoxy) is 1. The molecule has 1 saturated heterocycles. The molecule has 0 aromatic heterocycles. The van der Waals surface area contributed by atoms with Crippen molar-refractivity contribution in [2.75, 3.05) is 12.0 Å². The number of methoxy groups -OCH3 is 1. The number of benzene rings is 2. The number of halogens is 1. The fourth-order valence-corrected chi connectivity index (χ4v) is 7.40. The van der Waals surface area contributed by atoms with Gasteiger partial charge in [0.25, 0.3) is 0 Å². The van der Waals surface area contributed by atoms with Crippen molar-refractivity contribution in [3.63, 3.8) is 0 Å². The molecule has 2 aromatic carbocycles. The van der Waals surface area contributed by atoms with Crippen LogP contribution in [0.5, 0.6) is 11.5 Å². The number of fused-ring (bicyclic) bond motifs is 3. The summed E-state index contributed by atoms with van der Waals surface area (Å²) < 4.78 is 5.92. The molecule has 4 atom stereocenters. The Kier molecular flexibility index (Phi) is 6.60. The van der Waals surface area contributed by atoms with Gasteiger partial charge in [-0.1, -0.05) is 11.6 Å². The van der Waals surface area contributed by atoms with Gasteiger partial charge < -0.3 is 9.84 Å². The third-order valence-electron chi connectivity index (χ3n) is 8.70. The second-order valence-electron chi connectivity index (χ2n) is 10.9. The lowest BCUT2D eigenvalue weighted by Crippen LogP contribution is -2.39. The van der Waals surface area contributed by atoms with Gasteiger partial charge in [0.2, 0.25) is 11.8 Å². The zero-order valence-corrected chi connectivity index (χ0v) is 24.7. The summed E-state index contributed by atoms with van der Waals surface area (Å²) in [5.74, 6) is -3.50. The Morgan fingerprint density at radius 2 is 1.76 bits per heavy atom. The van der Waals surface area contributed by atoms with Gasteiger partial charge >= 0.3 is 0 Å². The van der Waals surface area contributed by atoms with Gasteiger partial charge in [0, 0.05) is 28.2 Å². The van der Waals surface area contributed by atoms with Gasteiger partial charge in [-0.05, 0) is 103 Å². The van der Waals surface area contributed by atoms with Crippen molar-refractivity contribution in [3.8, 4) is 11.5 Å². The number of hydrogen-bond acceptors (Lipinski definition) is 7. The molecule has 4 aliphatic rings. The summed E-state index contributed by atoms with van der Waals surface area (Å²) in [6, 6.07) is 9.82. The van der Waals surface area contributed by atoms with Gasteiger partial charge in [0.05, 0.1) is 28.2 Å². The third kappa shape index (κ3) is 4.12. The summed E-state index contributed by atoms with van der Waals surface area (Å²) in [6.07, 6.45) is 3.80. The summed E-state index contributed by atoms with van der Waals surface area (Å²) >= 11 is 1.99. The number of hydrogen-bond donors (Lipinski definition) is 1. The summed E-state index contributed by atoms with van der Waals surface area (Å²) in [5, 5.41) is 10.5. The first kappa shape index (κ1) is 27.3. The van der Waals surface area contributed by atoms with E-state index in [4.69, 9.17) is 4.74 Å². The Morgan fingerprint density at radius 3 is 2.41 bits per heavy atom. The van der Waals surface area contributed by atoms with Gasteiger partial charge in [-0.15, -0.1) is 0 Å². The number of carbonyl (C=O) groups excluding carboxylic acids is 5. The predicted octanol–water partition coefficient (Wildman–Crippen LogP) is 4.84. The minimum atomic E-state index is -0.710. The van der Waals surface area contributed by atoms with E-state index >= 15 is 0 Å². The fourth-order valence-electron chi connectivity index (χ4n) is 6.78. The van der Waals surface area contributed by atoms with Crippen LogP contribution in [0.1, 0.15) is 48.5 Å². The van der Waals surface area contributed by atoms with Gasteiger partial charge in [-0.2, -0.15) is 0 Å². The lowest BCUT2D eigenvalue weighted by molar-refractivity contribution is -0.123. The van der Waals surface area contributed by atoms with Gasteiger partial charge in [-0.3, -0.25) is 28.9 Å². The number of allylic oxidation sites excluding steroid dienone is 6. The first-order valence-corrected chi connectivity index (χ1v) is 14.4. The van der Waals surface area contributed by atoms with Crippen LogP contribution >= 0.6 is 22.6 Å².